The third-order valence-electron chi connectivity index (χ3n) is 3.68. The molecule has 2 atom stereocenters. The van der Waals surface area contributed by atoms with Crippen LogP contribution in [0, 0.1) is 5.82 Å². The molecule has 0 saturated carbocycles. The summed E-state index contributed by atoms with van der Waals surface area (Å²) in [7, 11) is -4.12. The van der Waals surface area contributed by atoms with E-state index in [9.17, 15) is 17.6 Å². The summed E-state index contributed by atoms with van der Waals surface area (Å²) in [6.45, 7) is 0.102. The molecule has 1 aromatic carbocycles. The Labute approximate surface area is 142 Å². The molecule has 10 heteroatoms. The van der Waals surface area contributed by atoms with Crippen LogP contribution < -0.4 is 10.2 Å². The van der Waals surface area contributed by atoms with Crippen molar-refractivity contribution >= 4 is 33.7 Å². The predicted octanol–water partition coefficient (Wildman–Crippen LogP) is 2.24. The van der Waals surface area contributed by atoms with Crippen molar-refractivity contribution in [2.45, 2.75) is 17.9 Å². The fourth-order valence-electron chi connectivity index (χ4n) is 2.51. The minimum absolute atomic E-state index is 0.0179. The lowest BCUT2D eigenvalue weighted by Gasteiger charge is -2.16. The van der Waals surface area contributed by atoms with Gasteiger partial charge in [0.2, 0.25) is 0 Å². The summed E-state index contributed by atoms with van der Waals surface area (Å²) in [5.41, 5.74) is 0.816. The Morgan fingerprint density at radius 2 is 2.25 bits per heavy atom. The maximum Gasteiger partial charge on any atom is 0.414 e. The van der Waals surface area contributed by atoms with Crippen molar-refractivity contribution in [2.75, 3.05) is 17.2 Å². The first-order chi connectivity index (χ1) is 11.3. The molecule has 1 aromatic rings. The van der Waals surface area contributed by atoms with E-state index in [4.69, 9.17) is 9.29 Å². The van der Waals surface area contributed by atoms with Crippen molar-refractivity contribution in [1.82, 2.24) is 5.32 Å². The predicted molar refractivity (Wildman–Crippen MR) is 87.7 cm³/mol. The number of benzene rings is 1. The van der Waals surface area contributed by atoms with Gasteiger partial charge >= 0.3 is 6.09 Å². The highest BCUT2D eigenvalue weighted by Crippen LogP contribution is 2.34. The van der Waals surface area contributed by atoms with Gasteiger partial charge in [0.25, 0.3) is 10.1 Å². The van der Waals surface area contributed by atoms with E-state index in [-0.39, 0.29) is 18.3 Å². The lowest BCUT2D eigenvalue weighted by Crippen LogP contribution is -2.25. The van der Waals surface area contributed by atoms with Crippen LogP contribution in [0.2, 0.25) is 0 Å². The van der Waals surface area contributed by atoms with Gasteiger partial charge in [-0.2, -0.15) is 8.42 Å². The highest BCUT2D eigenvalue weighted by atomic mass is 32.2. The Hall–Kier alpha value is -1.78. The van der Waals surface area contributed by atoms with E-state index in [1.54, 1.807) is 18.3 Å². The molecule has 0 aliphatic carbocycles. The second-order valence-corrected chi connectivity index (χ2v) is 7.97. The molecule has 24 heavy (non-hydrogen) atoms. The number of cyclic esters (lactones) is 1. The summed E-state index contributed by atoms with van der Waals surface area (Å²) in [4.78, 5) is 13.1. The van der Waals surface area contributed by atoms with E-state index < -0.39 is 33.9 Å². The van der Waals surface area contributed by atoms with Crippen LogP contribution in [0.5, 0.6) is 0 Å². The van der Waals surface area contributed by atoms with Gasteiger partial charge in [0.15, 0.2) is 0 Å². The van der Waals surface area contributed by atoms with Gasteiger partial charge in [-0.1, -0.05) is 6.07 Å². The fourth-order valence-corrected chi connectivity index (χ4v) is 3.88. The third kappa shape index (κ3) is 3.82. The molecule has 2 N–H and O–H groups in total. The van der Waals surface area contributed by atoms with Crippen molar-refractivity contribution in [3.05, 3.63) is 41.2 Å². The smallest absolute Gasteiger partial charge is 0.414 e. The van der Waals surface area contributed by atoms with Gasteiger partial charge in [-0.25, -0.2) is 9.18 Å². The summed E-state index contributed by atoms with van der Waals surface area (Å²) < 4.78 is 49.7. The maximum absolute atomic E-state index is 14.3. The molecule has 1 saturated heterocycles. The van der Waals surface area contributed by atoms with Crippen molar-refractivity contribution in [3.8, 4) is 0 Å². The number of thioether (sulfide) groups is 1. The standard InChI is InChI=1S/C14H15FN2O5S2/c15-12-7-9(1-2-11(12)13-16-4-5-23-13)17-8-10(22-14(17)18)3-6-24(19,20)21/h1-2,4-5,7,10,13,16H,3,6,8H2,(H,19,20,21)/t10-,13?/m1/s1. The molecule has 1 amide bonds. The quantitative estimate of drug-likeness (QED) is 0.763. The van der Waals surface area contributed by atoms with Gasteiger partial charge in [-0.05, 0) is 17.5 Å². The first-order valence-corrected chi connectivity index (χ1v) is 9.68. The van der Waals surface area contributed by atoms with Crippen LogP contribution >= 0.6 is 11.8 Å². The van der Waals surface area contributed by atoms with Crippen LogP contribution in [0.25, 0.3) is 0 Å². The van der Waals surface area contributed by atoms with Gasteiger partial charge in [0.05, 0.1) is 18.0 Å². The van der Waals surface area contributed by atoms with Crippen molar-refractivity contribution in [2.24, 2.45) is 0 Å². The van der Waals surface area contributed by atoms with Gasteiger partial charge < -0.3 is 10.1 Å². The van der Waals surface area contributed by atoms with E-state index in [1.165, 1.54) is 22.7 Å². The molecule has 0 aromatic heterocycles. The van der Waals surface area contributed by atoms with E-state index >= 15 is 0 Å². The summed E-state index contributed by atoms with van der Waals surface area (Å²) in [5.74, 6) is -0.945. The molecule has 0 spiro atoms. The summed E-state index contributed by atoms with van der Waals surface area (Å²) >= 11 is 1.44. The number of carbonyl (C=O) groups is 1. The molecular weight excluding hydrogens is 359 g/mol. The zero-order valence-electron chi connectivity index (χ0n) is 12.4. The fraction of sp³-hybridized carbons (Fsp3) is 0.357. The Bertz CT molecular complexity index is 775. The lowest BCUT2D eigenvalue weighted by atomic mass is 10.1. The molecule has 0 radical (unpaired) electrons. The number of hydrogen-bond donors (Lipinski definition) is 2. The summed E-state index contributed by atoms with van der Waals surface area (Å²) in [5, 5.41) is 4.63. The average Bonchev–Trinajstić information content (AvgIpc) is 3.14. The number of nitrogens with zero attached hydrogens (tertiary/aromatic N) is 1. The average molecular weight is 374 g/mol. The third-order valence-corrected chi connectivity index (χ3v) is 5.39. The Balaban J connectivity index is 1.70. The number of rotatable bonds is 5. The molecule has 2 aliphatic heterocycles. The van der Waals surface area contributed by atoms with E-state index in [0.29, 0.717) is 11.3 Å². The normalized spacial score (nSPS) is 23.4. The maximum atomic E-state index is 14.3. The lowest BCUT2D eigenvalue weighted by molar-refractivity contribution is 0.139. The molecule has 0 bridgehead atoms. The Kier molecular flexibility index (Phi) is 4.70. The summed E-state index contributed by atoms with van der Waals surface area (Å²) in [6, 6.07) is 4.47. The van der Waals surface area contributed by atoms with Gasteiger partial charge in [0.1, 0.15) is 17.3 Å². The largest absolute Gasteiger partial charge is 0.444 e. The van der Waals surface area contributed by atoms with E-state index in [0.717, 1.165) is 0 Å². The topological polar surface area (TPSA) is 95.9 Å². The SMILES string of the molecule is O=C1O[C@H](CCS(=O)(=O)O)CN1c1ccc(C2NC=CS2)c(F)c1. The number of halogens is 1. The molecule has 2 heterocycles. The minimum atomic E-state index is -4.12. The van der Waals surface area contributed by atoms with Crippen molar-refractivity contribution in [1.29, 1.82) is 0 Å². The van der Waals surface area contributed by atoms with Gasteiger partial charge in [-0.3, -0.25) is 9.45 Å². The molecule has 130 valence electrons. The first-order valence-electron chi connectivity index (χ1n) is 7.13. The first kappa shape index (κ1) is 17.1. The molecular formula is C14H15FN2O5S2. The van der Waals surface area contributed by atoms with Crippen LogP contribution in [-0.4, -0.2) is 37.5 Å². The Morgan fingerprint density at radius 3 is 2.88 bits per heavy atom. The second kappa shape index (κ2) is 6.61. The van der Waals surface area contributed by atoms with Crippen LogP contribution in [0.3, 0.4) is 0 Å². The number of anilines is 1. The molecule has 1 unspecified atom stereocenters. The second-order valence-electron chi connectivity index (χ2n) is 5.38. The van der Waals surface area contributed by atoms with Crippen LogP contribution in [0.15, 0.2) is 29.8 Å². The van der Waals surface area contributed by atoms with Gasteiger partial charge in [-0.15, -0.1) is 11.8 Å². The van der Waals surface area contributed by atoms with Crippen LogP contribution in [0.4, 0.5) is 14.9 Å². The zero-order valence-corrected chi connectivity index (χ0v) is 14.0. The molecule has 1 fully saturated rings. The molecule has 2 aliphatic rings. The zero-order chi connectivity index (χ0) is 17.3. The highest BCUT2D eigenvalue weighted by Gasteiger charge is 2.33. The minimum Gasteiger partial charge on any atom is -0.444 e. The van der Waals surface area contributed by atoms with Crippen LogP contribution in [0.1, 0.15) is 17.4 Å². The number of hydrogen-bond acceptors (Lipinski definition) is 6. The van der Waals surface area contributed by atoms with Crippen molar-refractivity contribution < 1.29 is 26.9 Å². The number of carbonyl (C=O) groups excluding carboxylic acids is 1. The van der Waals surface area contributed by atoms with Gasteiger partial charge in [0, 0.05) is 18.2 Å². The monoisotopic (exact) mass is 374 g/mol. The van der Waals surface area contributed by atoms with Crippen molar-refractivity contribution in [3.63, 3.8) is 0 Å². The number of nitrogens with one attached hydrogen (secondary N) is 1. The summed E-state index contributed by atoms with van der Waals surface area (Å²) in [6.07, 6.45) is 0.381. The number of amides is 1. The number of ether oxygens (including phenoxy) is 1. The molecule has 3 rings (SSSR count). The highest BCUT2D eigenvalue weighted by molar-refractivity contribution is 8.02. The van der Waals surface area contributed by atoms with Crippen LogP contribution in [-0.2, 0) is 14.9 Å². The van der Waals surface area contributed by atoms with E-state index in [1.807, 2.05) is 5.41 Å². The Morgan fingerprint density at radius 1 is 1.46 bits per heavy atom. The molecule has 7 nitrogen and oxygen atoms in total. The van der Waals surface area contributed by atoms with E-state index in [2.05, 4.69) is 5.32 Å².